The maximum atomic E-state index is 10.8. The molecule has 0 saturated carbocycles. The lowest BCUT2D eigenvalue weighted by Gasteiger charge is -2.25. The van der Waals surface area contributed by atoms with Gasteiger partial charge in [-0.15, -0.1) is 4.65 Å². The standard InChI is InChI=1S/C11H16NO2/c1-10(13)14-12(2,3)9-11-7-5-4-6-8-11/h4-8H,9H2,1-3H3/q+1. The maximum Gasteiger partial charge on any atom is 0.363 e. The number of nitrogens with zero attached hydrogens (tertiary/aromatic N) is 1. The van der Waals surface area contributed by atoms with Crippen LogP contribution >= 0.6 is 0 Å². The summed E-state index contributed by atoms with van der Waals surface area (Å²) in [5.74, 6) is -0.258. The fourth-order valence-corrected chi connectivity index (χ4v) is 1.40. The normalized spacial score (nSPS) is 11.1. The van der Waals surface area contributed by atoms with Crippen LogP contribution in [0.25, 0.3) is 0 Å². The van der Waals surface area contributed by atoms with Crippen LogP contribution in [0.15, 0.2) is 30.3 Å². The van der Waals surface area contributed by atoms with Gasteiger partial charge in [0.15, 0.2) is 0 Å². The predicted molar refractivity (Wildman–Crippen MR) is 54.0 cm³/mol. The fraction of sp³-hybridized carbons (Fsp3) is 0.364. The molecule has 0 aliphatic rings. The Labute approximate surface area is 84.5 Å². The summed E-state index contributed by atoms with van der Waals surface area (Å²) in [7, 11) is 3.71. The summed E-state index contributed by atoms with van der Waals surface area (Å²) in [6.07, 6.45) is 0. The van der Waals surface area contributed by atoms with Crippen LogP contribution in [0.3, 0.4) is 0 Å². The number of hydrogen-bond acceptors (Lipinski definition) is 2. The van der Waals surface area contributed by atoms with Gasteiger partial charge in [0.05, 0.1) is 0 Å². The van der Waals surface area contributed by atoms with E-state index in [9.17, 15) is 4.79 Å². The molecule has 3 heteroatoms. The summed E-state index contributed by atoms with van der Waals surface area (Å²) in [4.78, 5) is 16.0. The molecule has 1 aromatic carbocycles. The monoisotopic (exact) mass is 194 g/mol. The van der Waals surface area contributed by atoms with Crippen molar-refractivity contribution in [1.29, 1.82) is 0 Å². The molecule has 0 fully saturated rings. The number of benzene rings is 1. The summed E-state index contributed by atoms with van der Waals surface area (Å²) < 4.78 is 0.222. The van der Waals surface area contributed by atoms with Crippen molar-refractivity contribution in [2.45, 2.75) is 13.5 Å². The Morgan fingerprint density at radius 1 is 1.29 bits per heavy atom. The Morgan fingerprint density at radius 2 is 1.86 bits per heavy atom. The lowest BCUT2D eigenvalue weighted by molar-refractivity contribution is -1.07. The largest absolute Gasteiger partial charge is 0.363 e. The minimum Gasteiger partial charge on any atom is -0.277 e. The number of hydrogen-bond donors (Lipinski definition) is 0. The second-order valence-corrected chi connectivity index (χ2v) is 3.80. The molecule has 3 nitrogen and oxygen atoms in total. The van der Waals surface area contributed by atoms with Gasteiger partial charge in [0, 0.05) is 12.5 Å². The summed E-state index contributed by atoms with van der Waals surface area (Å²) in [5, 5.41) is 0. The molecule has 0 spiro atoms. The molecule has 1 aromatic rings. The first kappa shape index (κ1) is 10.7. The van der Waals surface area contributed by atoms with E-state index in [1.165, 1.54) is 6.92 Å². The van der Waals surface area contributed by atoms with Crippen molar-refractivity contribution in [1.82, 2.24) is 0 Å². The summed E-state index contributed by atoms with van der Waals surface area (Å²) in [6.45, 7) is 2.10. The lowest BCUT2D eigenvalue weighted by Crippen LogP contribution is -2.40. The first-order chi connectivity index (χ1) is 6.49. The molecule has 14 heavy (non-hydrogen) atoms. The van der Waals surface area contributed by atoms with Crippen LogP contribution in [-0.2, 0) is 16.2 Å². The first-order valence-corrected chi connectivity index (χ1v) is 4.57. The number of hydroxylamine groups is 3. The van der Waals surface area contributed by atoms with Crippen molar-refractivity contribution in [3.8, 4) is 0 Å². The van der Waals surface area contributed by atoms with Gasteiger partial charge in [-0.3, -0.25) is 4.84 Å². The Hall–Kier alpha value is -1.35. The van der Waals surface area contributed by atoms with Gasteiger partial charge in [-0.2, -0.15) is 0 Å². The zero-order valence-corrected chi connectivity index (χ0v) is 8.86. The highest BCUT2D eigenvalue weighted by Crippen LogP contribution is 2.09. The zero-order valence-electron chi connectivity index (χ0n) is 8.86. The molecule has 0 radical (unpaired) electrons. The van der Waals surface area contributed by atoms with Crippen molar-refractivity contribution in [3.63, 3.8) is 0 Å². The van der Waals surface area contributed by atoms with E-state index in [0.29, 0.717) is 6.54 Å². The molecule has 0 atom stereocenters. The summed E-state index contributed by atoms with van der Waals surface area (Å²) in [5.41, 5.74) is 1.15. The van der Waals surface area contributed by atoms with E-state index in [0.717, 1.165) is 5.56 Å². The van der Waals surface area contributed by atoms with Gasteiger partial charge in [0.25, 0.3) is 0 Å². The lowest BCUT2D eigenvalue weighted by atomic mass is 10.2. The number of carbonyl (C=O) groups excluding carboxylic acids is 1. The molecule has 1 rings (SSSR count). The Morgan fingerprint density at radius 3 is 2.36 bits per heavy atom. The van der Waals surface area contributed by atoms with E-state index in [1.807, 2.05) is 44.4 Å². The molecule has 0 heterocycles. The highest BCUT2D eigenvalue weighted by Gasteiger charge is 2.19. The SMILES string of the molecule is CC(=O)O[N+](C)(C)Cc1ccccc1. The highest BCUT2D eigenvalue weighted by atomic mass is 16.7. The van der Waals surface area contributed by atoms with E-state index >= 15 is 0 Å². The number of carbonyl (C=O) groups is 1. The van der Waals surface area contributed by atoms with E-state index in [-0.39, 0.29) is 10.6 Å². The van der Waals surface area contributed by atoms with Crippen LogP contribution in [-0.4, -0.2) is 24.7 Å². The van der Waals surface area contributed by atoms with Gasteiger partial charge in [-0.05, 0) is 0 Å². The van der Waals surface area contributed by atoms with Gasteiger partial charge in [0.1, 0.15) is 20.6 Å². The second kappa shape index (κ2) is 4.24. The first-order valence-electron chi connectivity index (χ1n) is 4.57. The fourth-order valence-electron chi connectivity index (χ4n) is 1.40. The molecule has 76 valence electrons. The molecule has 0 amide bonds. The molecule has 0 aliphatic heterocycles. The zero-order chi connectivity index (χ0) is 10.6. The Kier molecular flexibility index (Phi) is 3.25. The Bertz CT molecular complexity index is 306. The third-order valence-corrected chi connectivity index (χ3v) is 1.78. The van der Waals surface area contributed by atoms with E-state index in [1.54, 1.807) is 0 Å². The van der Waals surface area contributed by atoms with Crippen molar-refractivity contribution in [2.75, 3.05) is 14.1 Å². The van der Waals surface area contributed by atoms with Crippen molar-refractivity contribution in [2.24, 2.45) is 0 Å². The number of quaternary nitrogens is 1. The van der Waals surface area contributed by atoms with Crippen molar-refractivity contribution < 1.29 is 14.3 Å². The van der Waals surface area contributed by atoms with E-state index in [4.69, 9.17) is 4.84 Å². The Balaban J connectivity index is 2.63. The minimum absolute atomic E-state index is 0.222. The maximum absolute atomic E-state index is 10.8. The van der Waals surface area contributed by atoms with Crippen LogP contribution in [0.4, 0.5) is 0 Å². The van der Waals surface area contributed by atoms with Gasteiger partial charge in [-0.25, -0.2) is 4.79 Å². The average Bonchev–Trinajstić information content (AvgIpc) is 2.02. The molecule has 0 unspecified atom stereocenters. The second-order valence-electron chi connectivity index (χ2n) is 3.80. The summed E-state index contributed by atoms with van der Waals surface area (Å²) >= 11 is 0. The van der Waals surface area contributed by atoms with Crippen LogP contribution in [0.5, 0.6) is 0 Å². The number of rotatable bonds is 3. The quantitative estimate of drug-likeness (QED) is 0.541. The average molecular weight is 194 g/mol. The molecular formula is C11H16NO2+. The van der Waals surface area contributed by atoms with Gasteiger partial charge >= 0.3 is 5.97 Å². The highest BCUT2D eigenvalue weighted by molar-refractivity contribution is 5.65. The molecular weight excluding hydrogens is 178 g/mol. The molecule has 0 bridgehead atoms. The third-order valence-electron chi connectivity index (χ3n) is 1.78. The van der Waals surface area contributed by atoms with Crippen LogP contribution in [0.2, 0.25) is 0 Å². The van der Waals surface area contributed by atoms with E-state index < -0.39 is 0 Å². The predicted octanol–water partition coefficient (Wildman–Crippen LogP) is 1.74. The molecule has 0 aliphatic carbocycles. The summed E-state index contributed by atoms with van der Waals surface area (Å²) in [6, 6.07) is 9.95. The topological polar surface area (TPSA) is 26.3 Å². The van der Waals surface area contributed by atoms with Crippen LogP contribution in [0, 0.1) is 0 Å². The molecule has 0 N–H and O–H groups in total. The smallest absolute Gasteiger partial charge is 0.277 e. The van der Waals surface area contributed by atoms with Gasteiger partial charge in [0.2, 0.25) is 0 Å². The van der Waals surface area contributed by atoms with Crippen molar-refractivity contribution >= 4 is 5.97 Å². The molecule has 0 saturated heterocycles. The van der Waals surface area contributed by atoms with Gasteiger partial charge < -0.3 is 0 Å². The van der Waals surface area contributed by atoms with E-state index in [2.05, 4.69) is 0 Å². The minimum atomic E-state index is -0.258. The van der Waals surface area contributed by atoms with Crippen molar-refractivity contribution in [3.05, 3.63) is 35.9 Å². The third kappa shape index (κ3) is 3.58. The van der Waals surface area contributed by atoms with Crippen LogP contribution in [0.1, 0.15) is 12.5 Å². The molecule has 0 aromatic heterocycles. The van der Waals surface area contributed by atoms with Gasteiger partial charge in [-0.1, -0.05) is 30.3 Å². The van der Waals surface area contributed by atoms with Crippen LogP contribution < -0.4 is 0 Å².